The first-order valence-corrected chi connectivity index (χ1v) is 10.6. The van der Waals surface area contributed by atoms with E-state index < -0.39 is 22.0 Å². The molecule has 0 unspecified atom stereocenters. The second-order valence-corrected chi connectivity index (χ2v) is 8.28. The molecule has 2 N–H and O–H groups in total. The number of anilines is 1. The topological polar surface area (TPSA) is 84.5 Å². The summed E-state index contributed by atoms with van der Waals surface area (Å²) < 4.78 is 32.8. The van der Waals surface area contributed by atoms with Crippen molar-refractivity contribution in [3.63, 3.8) is 0 Å². The van der Waals surface area contributed by atoms with E-state index in [4.69, 9.17) is 4.74 Å². The van der Waals surface area contributed by atoms with Crippen LogP contribution >= 0.6 is 11.8 Å². The van der Waals surface area contributed by atoms with Crippen molar-refractivity contribution in [2.24, 2.45) is 0 Å². The summed E-state index contributed by atoms with van der Waals surface area (Å²) in [6, 6.07) is 11.2. The van der Waals surface area contributed by atoms with Gasteiger partial charge in [0.1, 0.15) is 10.6 Å². The number of sulfonamides is 1. The van der Waals surface area contributed by atoms with E-state index in [0.717, 1.165) is 10.5 Å². The van der Waals surface area contributed by atoms with Crippen LogP contribution in [0.2, 0.25) is 0 Å². The number of amides is 1. The lowest BCUT2D eigenvalue weighted by molar-refractivity contribution is -0.117. The Morgan fingerprint density at radius 2 is 1.92 bits per heavy atom. The molecule has 0 heterocycles. The van der Waals surface area contributed by atoms with E-state index in [-0.39, 0.29) is 10.6 Å². The number of carbonyl (C=O) groups excluding carboxylic acids is 1. The average molecular weight is 395 g/mol. The van der Waals surface area contributed by atoms with E-state index in [1.54, 1.807) is 36.9 Å². The first-order valence-electron chi connectivity index (χ1n) is 7.88. The monoisotopic (exact) mass is 394 g/mol. The zero-order valence-electron chi connectivity index (χ0n) is 15.1. The summed E-state index contributed by atoms with van der Waals surface area (Å²) in [4.78, 5) is 13.4. The summed E-state index contributed by atoms with van der Waals surface area (Å²) in [6.07, 6.45) is 1.94. The molecule has 1 atom stereocenters. The van der Waals surface area contributed by atoms with Crippen molar-refractivity contribution in [1.29, 1.82) is 0 Å². The molecule has 140 valence electrons. The zero-order chi connectivity index (χ0) is 19.3. The number of hydrogen-bond donors (Lipinski definition) is 2. The van der Waals surface area contributed by atoms with Gasteiger partial charge in [-0.25, -0.2) is 8.42 Å². The van der Waals surface area contributed by atoms with Gasteiger partial charge in [0.15, 0.2) is 0 Å². The highest BCUT2D eigenvalue weighted by atomic mass is 32.2. The van der Waals surface area contributed by atoms with Crippen LogP contribution in [0.4, 0.5) is 5.69 Å². The van der Waals surface area contributed by atoms with Crippen molar-refractivity contribution >= 4 is 33.4 Å². The van der Waals surface area contributed by atoms with Crippen LogP contribution < -0.4 is 14.8 Å². The molecule has 1 amide bonds. The van der Waals surface area contributed by atoms with Crippen LogP contribution in [-0.4, -0.2) is 33.7 Å². The van der Waals surface area contributed by atoms with Gasteiger partial charge < -0.3 is 10.1 Å². The van der Waals surface area contributed by atoms with E-state index in [9.17, 15) is 13.2 Å². The van der Waals surface area contributed by atoms with Gasteiger partial charge in [-0.15, -0.1) is 11.8 Å². The number of aryl methyl sites for hydroxylation is 1. The van der Waals surface area contributed by atoms with Crippen LogP contribution in [0.1, 0.15) is 12.5 Å². The van der Waals surface area contributed by atoms with Gasteiger partial charge in [-0.2, -0.15) is 4.72 Å². The van der Waals surface area contributed by atoms with E-state index in [2.05, 4.69) is 10.0 Å². The second kappa shape index (κ2) is 8.57. The van der Waals surface area contributed by atoms with Crippen molar-refractivity contribution in [2.45, 2.75) is 29.7 Å². The minimum Gasteiger partial charge on any atom is -0.495 e. The molecule has 2 aromatic carbocycles. The lowest BCUT2D eigenvalue weighted by atomic mass is 10.2. The molecular weight excluding hydrogens is 372 g/mol. The number of ether oxygens (including phenoxy) is 1. The maximum absolute atomic E-state index is 12.7. The van der Waals surface area contributed by atoms with E-state index in [0.29, 0.717) is 5.69 Å². The van der Waals surface area contributed by atoms with Gasteiger partial charge in [0.25, 0.3) is 0 Å². The molecule has 0 spiro atoms. The lowest BCUT2D eigenvalue weighted by Gasteiger charge is -2.16. The van der Waals surface area contributed by atoms with Gasteiger partial charge in [0, 0.05) is 10.6 Å². The molecular formula is C18H22N2O4S2. The molecule has 2 aromatic rings. The maximum atomic E-state index is 12.7. The number of rotatable bonds is 7. The van der Waals surface area contributed by atoms with Crippen molar-refractivity contribution in [3.05, 3.63) is 48.0 Å². The molecule has 0 aromatic heterocycles. The second-order valence-electron chi connectivity index (χ2n) is 5.72. The van der Waals surface area contributed by atoms with E-state index in [1.807, 2.05) is 24.5 Å². The van der Waals surface area contributed by atoms with Gasteiger partial charge in [-0.05, 0) is 56.0 Å². The molecule has 2 rings (SSSR count). The van der Waals surface area contributed by atoms with Crippen molar-refractivity contribution in [1.82, 2.24) is 4.72 Å². The highest BCUT2D eigenvalue weighted by Gasteiger charge is 2.25. The summed E-state index contributed by atoms with van der Waals surface area (Å²) >= 11 is 1.55. The molecule has 8 heteroatoms. The Balaban J connectivity index is 2.16. The fourth-order valence-corrected chi connectivity index (χ4v) is 4.21. The minimum absolute atomic E-state index is 0.00373. The molecule has 0 aliphatic carbocycles. The Hall–Kier alpha value is -2.03. The fraction of sp³-hybridized carbons (Fsp3) is 0.278. The molecule has 26 heavy (non-hydrogen) atoms. The SMILES string of the molecule is COc1ccc(C)cc1S(=O)(=O)N[C@@H](C)C(=O)Nc1cccc(SC)c1. The summed E-state index contributed by atoms with van der Waals surface area (Å²) in [6.45, 7) is 3.28. The van der Waals surface area contributed by atoms with E-state index in [1.165, 1.54) is 20.1 Å². The number of carbonyl (C=O) groups is 1. The molecule has 0 aliphatic heterocycles. The molecule has 0 radical (unpaired) electrons. The normalized spacial score (nSPS) is 12.5. The number of hydrogen-bond acceptors (Lipinski definition) is 5. The van der Waals surface area contributed by atoms with Crippen LogP contribution in [0.25, 0.3) is 0 Å². The number of methoxy groups -OCH3 is 1. The highest BCUT2D eigenvalue weighted by Crippen LogP contribution is 2.25. The Kier molecular flexibility index (Phi) is 6.69. The van der Waals surface area contributed by atoms with Crippen LogP contribution in [-0.2, 0) is 14.8 Å². The third-order valence-corrected chi connectivity index (χ3v) is 5.96. The molecule has 0 saturated carbocycles. The molecule has 0 fully saturated rings. The van der Waals surface area contributed by atoms with Gasteiger partial charge in [0.2, 0.25) is 15.9 Å². The highest BCUT2D eigenvalue weighted by molar-refractivity contribution is 7.98. The Labute approximate surface area is 158 Å². The number of benzene rings is 2. The predicted octanol–water partition coefficient (Wildman–Crippen LogP) is 3.03. The molecule has 0 bridgehead atoms. The minimum atomic E-state index is -3.91. The predicted molar refractivity (Wildman–Crippen MR) is 104 cm³/mol. The van der Waals surface area contributed by atoms with Crippen LogP contribution in [0.5, 0.6) is 5.75 Å². The van der Waals surface area contributed by atoms with Crippen LogP contribution in [0.3, 0.4) is 0 Å². The van der Waals surface area contributed by atoms with Crippen molar-refractivity contribution in [3.8, 4) is 5.75 Å². The molecule has 6 nitrogen and oxygen atoms in total. The first kappa shape index (κ1) is 20.3. The average Bonchev–Trinajstić information content (AvgIpc) is 2.61. The van der Waals surface area contributed by atoms with Crippen molar-refractivity contribution in [2.75, 3.05) is 18.7 Å². The largest absolute Gasteiger partial charge is 0.495 e. The smallest absolute Gasteiger partial charge is 0.244 e. The maximum Gasteiger partial charge on any atom is 0.244 e. The summed E-state index contributed by atoms with van der Waals surface area (Å²) in [7, 11) is -2.51. The van der Waals surface area contributed by atoms with Gasteiger partial charge >= 0.3 is 0 Å². The summed E-state index contributed by atoms with van der Waals surface area (Å²) in [5, 5.41) is 2.72. The third-order valence-electron chi connectivity index (χ3n) is 3.67. The van der Waals surface area contributed by atoms with Gasteiger partial charge in [-0.1, -0.05) is 12.1 Å². The Morgan fingerprint density at radius 3 is 2.58 bits per heavy atom. The first-order chi connectivity index (χ1) is 12.3. The standard InChI is InChI=1S/C18H22N2O4S2/c1-12-8-9-16(24-3)17(10-12)26(22,23)20-13(2)18(21)19-14-6-5-7-15(11-14)25-4/h5-11,13,20H,1-4H3,(H,19,21)/t13-/m0/s1. The van der Waals surface area contributed by atoms with Gasteiger partial charge in [-0.3, -0.25) is 4.79 Å². The van der Waals surface area contributed by atoms with Crippen LogP contribution in [0, 0.1) is 6.92 Å². The molecule has 0 aliphatic rings. The summed E-state index contributed by atoms with van der Waals surface area (Å²) in [5.41, 5.74) is 1.39. The van der Waals surface area contributed by atoms with Gasteiger partial charge in [0.05, 0.1) is 13.2 Å². The van der Waals surface area contributed by atoms with Crippen LogP contribution in [0.15, 0.2) is 52.3 Å². The van der Waals surface area contributed by atoms with E-state index >= 15 is 0 Å². The number of nitrogens with one attached hydrogen (secondary N) is 2. The Bertz CT molecular complexity index is 898. The third kappa shape index (κ3) is 5.00. The quantitative estimate of drug-likeness (QED) is 0.705. The molecule has 0 saturated heterocycles. The summed E-state index contributed by atoms with van der Waals surface area (Å²) in [5.74, 6) is -0.221. The zero-order valence-corrected chi connectivity index (χ0v) is 16.7. The fourth-order valence-electron chi connectivity index (χ4n) is 2.29. The lowest BCUT2D eigenvalue weighted by Crippen LogP contribution is -2.41. The van der Waals surface area contributed by atoms with Crippen molar-refractivity contribution < 1.29 is 17.9 Å². The Morgan fingerprint density at radius 1 is 1.19 bits per heavy atom. The number of thioether (sulfide) groups is 1.